The van der Waals surface area contributed by atoms with Crippen molar-refractivity contribution in [1.29, 1.82) is 0 Å². The zero-order chi connectivity index (χ0) is 20.9. The van der Waals surface area contributed by atoms with E-state index in [1.54, 1.807) is 23.0 Å². The molecule has 0 radical (unpaired) electrons. The van der Waals surface area contributed by atoms with E-state index in [9.17, 15) is 13.6 Å². The molecule has 0 aliphatic heterocycles. The van der Waals surface area contributed by atoms with Crippen molar-refractivity contribution in [2.24, 2.45) is 0 Å². The van der Waals surface area contributed by atoms with Crippen LogP contribution >= 0.6 is 11.8 Å². The Morgan fingerprint density at radius 3 is 2.43 bits per heavy atom. The lowest BCUT2D eigenvalue weighted by Crippen LogP contribution is -2.16. The van der Waals surface area contributed by atoms with Gasteiger partial charge in [0.05, 0.1) is 5.75 Å². The van der Waals surface area contributed by atoms with Crippen LogP contribution in [0.5, 0.6) is 0 Å². The first kappa shape index (κ1) is 19.7. The number of anilines is 1. The van der Waals surface area contributed by atoms with Crippen LogP contribution in [-0.2, 0) is 4.79 Å². The minimum absolute atomic E-state index is 0.105. The average Bonchev–Trinajstić information content (AvgIpc) is 3.20. The zero-order valence-corrected chi connectivity index (χ0v) is 16.3. The van der Waals surface area contributed by atoms with Crippen molar-refractivity contribution in [3.8, 4) is 17.1 Å². The second-order valence-electron chi connectivity index (χ2n) is 6.15. The van der Waals surface area contributed by atoms with Crippen LogP contribution in [0.4, 0.5) is 14.5 Å². The van der Waals surface area contributed by atoms with Crippen molar-refractivity contribution >= 4 is 23.4 Å². The molecule has 0 unspecified atom stereocenters. The second kappa shape index (κ2) is 8.83. The summed E-state index contributed by atoms with van der Waals surface area (Å²) in [5.41, 5.74) is 1.10. The van der Waals surface area contributed by atoms with Gasteiger partial charge in [-0.1, -0.05) is 36.0 Å². The van der Waals surface area contributed by atoms with Crippen molar-refractivity contribution in [3.63, 3.8) is 0 Å². The summed E-state index contributed by atoms with van der Waals surface area (Å²) in [4.78, 5) is 16.4. The Morgan fingerprint density at radius 1 is 0.967 bits per heavy atom. The van der Waals surface area contributed by atoms with E-state index in [1.807, 2.05) is 36.4 Å². The summed E-state index contributed by atoms with van der Waals surface area (Å²) in [7, 11) is 0. The first-order chi connectivity index (χ1) is 14.6. The number of benzene rings is 2. The molecule has 150 valence electrons. The predicted molar refractivity (Wildman–Crippen MR) is 110 cm³/mol. The van der Waals surface area contributed by atoms with Crippen molar-refractivity contribution in [2.75, 3.05) is 11.1 Å². The maximum atomic E-state index is 13.8. The number of nitrogens with one attached hydrogen (secondary N) is 1. The van der Waals surface area contributed by atoms with Crippen LogP contribution in [0.2, 0.25) is 0 Å². The van der Waals surface area contributed by atoms with Gasteiger partial charge in [0.1, 0.15) is 17.3 Å². The Morgan fingerprint density at radius 2 is 1.73 bits per heavy atom. The number of nitrogens with zero attached hydrogens (tertiary/aromatic N) is 4. The van der Waals surface area contributed by atoms with Crippen LogP contribution in [0.3, 0.4) is 0 Å². The second-order valence-corrected chi connectivity index (χ2v) is 7.09. The quantitative estimate of drug-likeness (QED) is 0.467. The molecule has 30 heavy (non-hydrogen) atoms. The molecule has 2 aromatic heterocycles. The SMILES string of the molecule is O=C(CSc1nnc(-c2cccnc2)n1-c1ccccc1)Nc1c(F)cccc1F. The highest BCUT2D eigenvalue weighted by Gasteiger charge is 2.18. The van der Waals surface area contributed by atoms with Crippen LogP contribution in [0, 0.1) is 11.6 Å². The van der Waals surface area contributed by atoms with Gasteiger partial charge in [-0.05, 0) is 36.4 Å². The van der Waals surface area contributed by atoms with E-state index in [-0.39, 0.29) is 5.75 Å². The number of halogens is 2. The topological polar surface area (TPSA) is 72.7 Å². The summed E-state index contributed by atoms with van der Waals surface area (Å²) < 4.78 is 29.3. The number of pyridine rings is 1. The van der Waals surface area contributed by atoms with Gasteiger partial charge in [-0.3, -0.25) is 14.3 Å². The standard InChI is InChI=1S/C21H15F2N5OS/c22-16-9-4-10-17(23)19(16)25-18(29)13-30-21-27-26-20(14-6-5-11-24-12-14)28(21)15-7-2-1-3-8-15/h1-12H,13H2,(H,25,29). The van der Waals surface area contributed by atoms with E-state index in [0.717, 1.165) is 35.1 Å². The number of para-hydroxylation sites is 2. The molecule has 0 fully saturated rings. The van der Waals surface area contributed by atoms with Gasteiger partial charge < -0.3 is 5.32 Å². The lowest BCUT2D eigenvalue weighted by molar-refractivity contribution is -0.113. The summed E-state index contributed by atoms with van der Waals surface area (Å²) in [6.45, 7) is 0. The maximum absolute atomic E-state index is 13.8. The number of rotatable bonds is 6. The predicted octanol–water partition coefficient (Wildman–Crippen LogP) is 4.34. The Balaban J connectivity index is 1.59. The van der Waals surface area contributed by atoms with Crippen molar-refractivity contribution in [1.82, 2.24) is 19.7 Å². The fourth-order valence-electron chi connectivity index (χ4n) is 2.78. The molecule has 0 bridgehead atoms. The Kier molecular flexibility index (Phi) is 5.80. The number of amides is 1. The third-order valence-electron chi connectivity index (χ3n) is 4.13. The number of carbonyl (C=O) groups excluding carboxylic acids is 1. The van der Waals surface area contributed by atoms with Crippen LogP contribution in [0.1, 0.15) is 0 Å². The van der Waals surface area contributed by atoms with Gasteiger partial charge in [0, 0.05) is 23.6 Å². The number of hydrogen-bond acceptors (Lipinski definition) is 5. The summed E-state index contributed by atoms with van der Waals surface area (Å²) >= 11 is 1.11. The van der Waals surface area contributed by atoms with Crippen molar-refractivity contribution < 1.29 is 13.6 Å². The van der Waals surface area contributed by atoms with E-state index in [2.05, 4.69) is 20.5 Å². The lowest BCUT2D eigenvalue weighted by atomic mass is 10.2. The molecule has 1 amide bonds. The van der Waals surface area contributed by atoms with Gasteiger partial charge in [0.25, 0.3) is 0 Å². The fraction of sp³-hybridized carbons (Fsp3) is 0.0476. The lowest BCUT2D eigenvalue weighted by Gasteiger charge is -2.10. The maximum Gasteiger partial charge on any atom is 0.235 e. The number of carbonyl (C=O) groups is 1. The molecule has 0 aliphatic carbocycles. The molecule has 4 aromatic rings. The number of aromatic nitrogens is 4. The Labute approximate surface area is 175 Å². The van der Waals surface area contributed by atoms with Crippen LogP contribution in [-0.4, -0.2) is 31.4 Å². The molecule has 1 N–H and O–H groups in total. The van der Waals surface area contributed by atoms with E-state index in [0.29, 0.717) is 11.0 Å². The van der Waals surface area contributed by atoms with E-state index >= 15 is 0 Å². The largest absolute Gasteiger partial charge is 0.320 e. The minimum Gasteiger partial charge on any atom is -0.320 e. The van der Waals surface area contributed by atoms with Gasteiger partial charge in [-0.2, -0.15) is 0 Å². The summed E-state index contributed by atoms with van der Waals surface area (Å²) in [6.07, 6.45) is 3.33. The first-order valence-corrected chi connectivity index (χ1v) is 9.90. The fourth-order valence-corrected chi connectivity index (χ4v) is 3.53. The molecule has 0 saturated carbocycles. The molecule has 4 rings (SSSR count). The number of hydrogen-bond donors (Lipinski definition) is 1. The Bertz CT molecular complexity index is 1150. The highest BCUT2D eigenvalue weighted by atomic mass is 32.2. The smallest absolute Gasteiger partial charge is 0.235 e. The highest BCUT2D eigenvalue weighted by Crippen LogP contribution is 2.28. The normalized spacial score (nSPS) is 10.7. The first-order valence-electron chi connectivity index (χ1n) is 8.91. The Hall–Kier alpha value is -3.59. The highest BCUT2D eigenvalue weighted by molar-refractivity contribution is 7.99. The zero-order valence-electron chi connectivity index (χ0n) is 15.5. The van der Waals surface area contributed by atoms with Crippen LogP contribution in [0.25, 0.3) is 17.1 Å². The minimum atomic E-state index is -0.834. The molecule has 0 atom stereocenters. The van der Waals surface area contributed by atoms with Gasteiger partial charge in [0.2, 0.25) is 5.91 Å². The van der Waals surface area contributed by atoms with Crippen LogP contribution in [0.15, 0.2) is 78.2 Å². The average molecular weight is 423 g/mol. The molecular formula is C21H15F2N5OS. The van der Waals surface area contributed by atoms with Crippen molar-refractivity contribution in [2.45, 2.75) is 5.16 Å². The molecular weight excluding hydrogens is 408 g/mol. The van der Waals surface area contributed by atoms with Crippen LogP contribution < -0.4 is 5.32 Å². The monoisotopic (exact) mass is 423 g/mol. The van der Waals surface area contributed by atoms with Gasteiger partial charge in [-0.15, -0.1) is 10.2 Å². The third-order valence-corrected chi connectivity index (χ3v) is 5.06. The van der Waals surface area contributed by atoms with E-state index < -0.39 is 23.2 Å². The summed E-state index contributed by atoms with van der Waals surface area (Å²) in [5.74, 6) is -1.77. The number of thioether (sulfide) groups is 1. The third kappa shape index (κ3) is 4.20. The molecule has 2 heterocycles. The molecule has 2 aromatic carbocycles. The van der Waals surface area contributed by atoms with Crippen molar-refractivity contribution in [3.05, 3.63) is 84.7 Å². The van der Waals surface area contributed by atoms with Gasteiger partial charge in [-0.25, -0.2) is 8.78 Å². The van der Waals surface area contributed by atoms with Gasteiger partial charge >= 0.3 is 0 Å². The summed E-state index contributed by atoms with van der Waals surface area (Å²) in [5, 5.41) is 11.2. The van der Waals surface area contributed by atoms with E-state index in [4.69, 9.17) is 0 Å². The molecule has 0 saturated heterocycles. The molecule has 6 nitrogen and oxygen atoms in total. The molecule has 9 heteroatoms. The molecule has 0 spiro atoms. The summed E-state index contributed by atoms with van der Waals surface area (Å²) in [6, 6.07) is 16.5. The van der Waals surface area contributed by atoms with Gasteiger partial charge in [0.15, 0.2) is 11.0 Å². The van der Waals surface area contributed by atoms with E-state index in [1.165, 1.54) is 6.07 Å². The molecule has 0 aliphatic rings.